The molecule has 0 aromatic heterocycles. The number of carbonyl (C=O) groups is 1. The molecule has 0 aliphatic carbocycles. The number of rotatable bonds is 7. The Morgan fingerprint density at radius 1 is 1.25 bits per heavy atom. The molecular formula is C10H23N3O3. The van der Waals surface area contributed by atoms with E-state index in [1.807, 2.05) is 13.8 Å². The summed E-state index contributed by atoms with van der Waals surface area (Å²) in [4.78, 5) is 13.5. The van der Waals surface area contributed by atoms with E-state index in [9.17, 15) is 9.90 Å². The Hall–Kier alpha value is -0.690. The van der Waals surface area contributed by atoms with Gasteiger partial charge in [0.2, 0.25) is 5.91 Å². The molecule has 6 nitrogen and oxygen atoms in total. The quantitative estimate of drug-likeness (QED) is 0.410. The molecule has 0 aromatic carbocycles. The van der Waals surface area contributed by atoms with Crippen molar-refractivity contribution in [2.45, 2.75) is 38.7 Å². The van der Waals surface area contributed by atoms with E-state index < -0.39 is 12.7 Å². The predicted molar refractivity (Wildman–Crippen MR) is 61.6 cm³/mol. The van der Waals surface area contributed by atoms with Gasteiger partial charge in [0.1, 0.15) is 0 Å². The van der Waals surface area contributed by atoms with Crippen molar-refractivity contribution in [1.29, 1.82) is 0 Å². The zero-order chi connectivity index (χ0) is 12.7. The maximum absolute atomic E-state index is 11.9. The van der Waals surface area contributed by atoms with Crippen molar-refractivity contribution >= 4 is 5.91 Å². The molecule has 0 fully saturated rings. The van der Waals surface area contributed by atoms with Crippen molar-refractivity contribution in [3.63, 3.8) is 0 Å². The highest BCUT2D eigenvalue weighted by Gasteiger charge is 2.25. The molecule has 3 atom stereocenters. The van der Waals surface area contributed by atoms with Crippen LogP contribution in [0.15, 0.2) is 0 Å². The van der Waals surface area contributed by atoms with Gasteiger partial charge in [-0.3, -0.25) is 4.79 Å². The van der Waals surface area contributed by atoms with E-state index in [4.69, 9.17) is 5.11 Å². The molecule has 0 aliphatic heterocycles. The summed E-state index contributed by atoms with van der Waals surface area (Å²) < 4.78 is 0. The largest absolute Gasteiger partial charge is 0.394 e. The molecular weight excluding hydrogens is 210 g/mol. The van der Waals surface area contributed by atoms with Crippen LogP contribution < -0.4 is 10.6 Å². The van der Waals surface area contributed by atoms with E-state index in [1.165, 1.54) is 0 Å². The minimum atomic E-state index is -0.997. The average Bonchev–Trinajstić information content (AvgIpc) is 2.28. The van der Waals surface area contributed by atoms with E-state index in [-0.39, 0.29) is 24.7 Å². The van der Waals surface area contributed by atoms with Gasteiger partial charge < -0.3 is 25.7 Å². The van der Waals surface area contributed by atoms with Gasteiger partial charge in [-0.25, -0.2) is 0 Å². The first kappa shape index (κ1) is 15.3. The van der Waals surface area contributed by atoms with Gasteiger partial charge in [0.25, 0.3) is 0 Å². The highest BCUT2D eigenvalue weighted by atomic mass is 16.3. The number of carbonyl (C=O) groups excluding carboxylic acids is 1. The number of amides is 1. The van der Waals surface area contributed by atoms with Crippen molar-refractivity contribution in [2.24, 2.45) is 0 Å². The maximum atomic E-state index is 11.9. The minimum Gasteiger partial charge on any atom is -0.394 e. The third-order valence-electron chi connectivity index (χ3n) is 2.58. The van der Waals surface area contributed by atoms with Crippen molar-refractivity contribution in [2.75, 3.05) is 20.7 Å². The predicted octanol–water partition coefficient (Wildman–Crippen LogP) is -1.31. The van der Waals surface area contributed by atoms with Crippen molar-refractivity contribution in [3.8, 4) is 0 Å². The van der Waals surface area contributed by atoms with Gasteiger partial charge in [0, 0.05) is 0 Å². The van der Waals surface area contributed by atoms with E-state index >= 15 is 0 Å². The molecule has 0 spiro atoms. The van der Waals surface area contributed by atoms with Crippen molar-refractivity contribution < 1.29 is 15.0 Å². The molecule has 0 bridgehead atoms. The SMILES string of the molecule is CNC(C)N(C(=O)CC(O)CO)C(C)NC. The van der Waals surface area contributed by atoms with Gasteiger partial charge >= 0.3 is 0 Å². The molecule has 0 saturated carbocycles. The molecule has 0 aromatic rings. The summed E-state index contributed by atoms with van der Waals surface area (Å²) in [6.45, 7) is 3.32. The van der Waals surface area contributed by atoms with Crippen LogP contribution in [0.25, 0.3) is 0 Å². The van der Waals surface area contributed by atoms with Crippen LogP contribution >= 0.6 is 0 Å². The lowest BCUT2D eigenvalue weighted by Crippen LogP contribution is -2.55. The zero-order valence-electron chi connectivity index (χ0n) is 10.4. The second kappa shape index (κ2) is 7.56. The van der Waals surface area contributed by atoms with Crippen LogP contribution in [-0.2, 0) is 4.79 Å². The number of hydrogen-bond acceptors (Lipinski definition) is 5. The standard InChI is InChI=1S/C10H23N3O3/c1-7(11-3)13(8(2)12-4)10(16)5-9(15)6-14/h7-9,11-12,14-15H,5-6H2,1-4H3. The average molecular weight is 233 g/mol. The summed E-state index contributed by atoms with van der Waals surface area (Å²) in [5.74, 6) is -0.203. The van der Waals surface area contributed by atoms with Gasteiger partial charge in [-0.15, -0.1) is 0 Å². The lowest BCUT2D eigenvalue weighted by molar-refractivity contribution is -0.139. The summed E-state index contributed by atoms with van der Waals surface area (Å²) in [5.41, 5.74) is 0. The number of aliphatic hydroxyl groups excluding tert-OH is 2. The first-order chi connectivity index (χ1) is 7.47. The molecule has 0 radical (unpaired) electrons. The van der Waals surface area contributed by atoms with E-state index in [0.717, 1.165) is 0 Å². The Labute approximate surface area is 96.6 Å². The topological polar surface area (TPSA) is 84.8 Å². The van der Waals surface area contributed by atoms with Crippen LogP contribution in [0.3, 0.4) is 0 Å². The number of hydrogen-bond donors (Lipinski definition) is 4. The number of nitrogens with zero attached hydrogens (tertiary/aromatic N) is 1. The lowest BCUT2D eigenvalue weighted by Gasteiger charge is -2.34. The third kappa shape index (κ3) is 4.44. The van der Waals surface area contributed by atoms with E-state index in [1.54, 1.807) is 19.0 Å². The second-order valence-corrected chi connectivity index (χ2v) is 3.77. The number of aliphatic hydroxyl groups is 2. The number of nitrogens with one attached hydrogen (secondary N) is 2. The molecule has 0 rings (SSSR count). The summed E-state index contributed by atoms with van der Waals surface area (Å²) in [6.07, 6.45) is -1.35. The summed E-state index contributed by atoms with van der Waals surface area (Å²) in [6, 6.07) is 0. The fourth-order valence-corrected chi connectivity index (χ4v) is 1.42. The van der Waals surface area contributed by atoms with Crippen LogP contribution in [0.2, 0.25) is 0 Å². The monoisotopic (exact) mass is 233 g/mol. The maximum Gasteiger partial charge on any atom is 0.227 e. The molecule has 0 heterocycles. The Morgan fingerprint density at radius 2 is 1.69 bits per heavy atom. The normalized spacial score (nSPS) is 16.6. The van der Waals surface area contributed by atoms with E-state index in [2.05, 4.69) is 10.6 Å². The molecule has 1 amide bonds. The molecule has 3 unspecified atom stereocenters. The summed E-state index contributed by atoms with van der Waals surface area (Å²) in [5, 5.41) is 23.9. The molecule has 96 valence electrons. The van der Waals surface area contributed by atoms with E-state index in [0.29, 0.717) is 0 Å². The molecule has 4 N–H and O–H groups in total. The Bertz CT molecular complexity index is 203. The van der Waals surface area contributed by atoms with Crippen molar-refractivity contribution in [1.82, 2.24) is 15.5 Å². The highest BCUT2D eigenvalue weighted by molar-refractivity contribution is 5.77. The smallest absolute Gasteiger partial charge is 0.227 e. The summed E-state index contributed by atoms with van der Waals surface area (Å²) in [7, 11) is 3.52. The zero-order valence-corrected chi connectivity index (χ0v) is 10.4. The van der Waals surface area contributed by atoms with Gasteiger partial charge in [0.15, 0.2) is 0 Å². The van der Waals surface area contributed by atoms with Crippen LogP contribution in [-0.4, -0.2) is 60.2 Å². The molecule has 6 heteroatoms. The fraction of sp³-hybridized carbons (Fsp3) is 0.900. The Balaban J connectivity index is 4.56. The highest BCUT2D eigenvalue weighted by Crippen LogP contribution is 2.06. The molecule has 16 heavy (non-hydrogen) atoms. The van der Waals surface area contributed by atoms with Crippen LogP contribution in [0.5, 0.6) is 0 Å². The first-order valence-electron chi connectivity index (χ1n) is 5.42. The second-order valence-electron chi connectivity index (χ2n) is 3.77. The van der Waals surface area contributed by atoms with Crippen LogP contribution in [0, 0.1) is 0 Å². The van der Waals surface area contributed by atoms with Gasteiger partial charge in [-0.05, 0) is 27.9 Å². The lowest BCUT2D eigenvalue weighted by atomic mass is 10.2. The van der Waals surface area contributed by atoms with Gasteiger partial charge in [0.05, 0.1) is 31.5 Å². The summed E-state index contributed by atoms with van der Waals surface area (Å²) >= 11 is 0. The van der Waals surface area contributed by atoms with Crippen molar-refractivity contribution in [3.05, 3.63) is 0 Å². The first-order valence-corrected chi connectivity index (χ1v) is 5.42. The van der Waals surface area contributed by atoms with Crippen LogP contribution in [0.1, 0.15) is 20.3 Å². The molecule has 0 saturated heterocycles. The minimum absolute atomic E-state index is 0.0749. The van der Waals surface area contributed by atoms with Crippen LogP contribution in [0.4, 0.5) is 0 Å². The Kier molecular flexibility index (Phi) is 7.24. The fourth-order valence-electron chi connectivity index (χ4n) is 1.42. The van der Waals surface area contributed by atoms with Gasteiger partial charge in [-0.2, -0.15) is 0 Å². The third-order valence-corrected chi connectivity index (χ3v) is 2.58. The molecule has 0 aliphatic rings. The van der Waals surface area contributed by atoms with Gasteiger partial charge in [-0.1, -0.05) is 0 Å². The Morgan fingerprint density at radius 3 is 2.00 bits per heavy atom.